The van der Waals surface area contributed by atoms with Crippen LogP contribution >= 0.6 is 11.3 Å². The number of halogens is 3. The van der Waals surface area contributed by atoms with Crippen molar-refractivity contribution in [1.82, 2.24) is 19.8 Å². The zero-order chi connectivity index (χ0) is 15.9. The van der Waals surface area contributed by atoms with E-state index in [1.165, 1.54) is 14.2 Å². The Bertz CT molecular complexity index is 805. The average Bonchev–Trinajstić information content (AvgIpc) is 3.05. The summed E-state index contributed by atoms with van der Waals surface area (Å²) in [6.45, 7) is 0. The Morgan fingerprint density at radius 2 is 1.68 bits per heavy atom. The van der Waals surface area contributed by atoms with E-state index < -0.39 is 12.0 Å². The molecule has 0 unspecified atom stereocenters. The van der Waals surface area contributed by atoms with Crippen molar-refractivity contribution in [3.05, 3.63) is 24.0 Å². The number of rotatable bonds is 3. The van der Waals surface area contributed by atoms with Crippen molar-refractivity contribution >= 4 is 16.3 Å². The largest absolute Gasteiger partial charge is 0.497 e. The highest BCUT2D eigenvalue weighted by atomic mass is 32.1. The maximum absolute atomic E-state index is 12.8. The molecule has 0 spiro atoms. The molecule has 0 aliphatic heterocycles. The number of methoxy groups -OCH3 is 2. The van der Waals surface area contributed by atoms with Gasteiger partial charge in [0.2, 0.25) is 4.96 Å². The number of hydrogen-bond donors (Lipinski definition) is 0. The molecule has 0 aliphatic rings. The third-order valence-electron chi connectivity index (χ3n) is 2.84. The summed E-state index contributed by atoms with van der Waals surface area (Å²) in [4.78, 5) is 0.0594. The van der Waals surface area contributed by atoms with E-state index in [4.69, 9.17) is 9.47 Å². The molecule has 0 atom stereocenters. The topological polar surface area (TPSA) is 61.5 Å². The number of aromatic nitrogens is 4. The lowest BCUT2D eigenvalue weighted by molar-refractivity contribution is -0.146. The molecule has 3 aromatic rings. The van der Waals surface area contributed by atoms with Crippen LogP contribution in [-0.4, -0.2) is 34.0 Å². The van der Waals surface area contributed by atoms with E-state index in [9.17, 15) is 13.2 Å². The molecule has 2 heterocycles. The van der Waals surface area contributed by atoms with Crippen LogP contribution in [0, 0.1) is 0 Å². The lowest BCUT2D eigenvalue weighted by atomic mass is 10.2. The molecular formula is C12H9F3N4O2S. The molecule has 3 rings (SSSR count). The number of ether oxygens (including phenoxy) is 2. The third-order valence-corrected chi connectivity index (χ3v) is 3.79. The molecule has 2 aromatic heterocycles. The van der Waals surface area contributed by atoms with E-state index in [0.29, 0.717) is 26.6 Å². The van der Waals surface area contributed by atoms with Gasteiger partial charge in [-0.3, -0.25) is 0 Å². The smallest absolute Gasteiger partial charge is 0.453 e. The molecule has 0 radical (unpaired) electrons. The highest BCUT2D eigenvalue weighted by molar-refractivity contribution is 7.19. The molecule has 0 amide bonds. The van der Waals surface area contributed by atoms with E-state index in [1.807, 2.05) is 0 Å². The van der Waals surface area contributed by atoms with Crippen molar-refractivity contribution in [3.8, 4) is 22.1 Å². The maximum atomic E-state index is 12.8. The van der Waals surface area contributed by atoms with Crippen LogP contribution in [-0.2, 0) is 6.18 Å². The summed E-state index contributed by atoms with van der Waals surface area (Å²) in [5.41, 5.74) is 0.569. The predicted octanol–water partition coefficient (Wildman–Crippen LogP) is 2.89. The minimum Gasteiger partial charge on any atom is -0.497 e. The van der Waals surface area contributed by atoms with Gasteiger partial charge in [0.05, 0.1) is 14.2 Å². The second-order valence-corrected chi connectivity index (χ2v) is 5.18. The molecular weight excluding hydrogens is 321 g/mol. The van der Waals surface area contributed by atoms with Crippen LogP contribution in [0.4, 0.5) is 13.2 Å². The van der Waals surface area contributed by atoms with Crippen LogP contribution in [0.5, 0.6) is 11.5 Å². The Morgan fingerprint density at radius 1 is 1.05 bits per heavy atom. The fraction of sp³-hybridized carbons (Fsp3) is 0.250. The van der Waals surface area contributed by atoms with Gasteiger partial charge in [-0.15, -0.1) is 10.2 Å². The van der Waals surface area contributed by atoms with Gasteiger partial charge in [0.25, 0.3) is 5.82 Å². The average molecular weight is 330 g/mol. The van der Waals surface area contributed by atoms with Crippen LogP contribution in [0.2, 0.25) is 0 Å². The first-order chi connectivity index (χ1) is 10.4. The van der Waals surface area contributed by atoms with Crippen LogP contribution in [0.15, 0.2) is 18.2 Å². The summed E-state index contributed by atoms with van der Waals surface area (Å²) in [5.74, 6) is -0.132. The summed E-state index contributed by atoms with van der Waals surface area (Å²) < 4.78 is 49.4. The molecule has 6 nitrogen and oxygen atoms in total. The molecule has 10 heteroatoms. The standard InChI is InChI=1S/C12H9F3N4O2S/c1-20-7-3-6(4-8(5-7)21-2)9-18-19-10(12(13,14)15)16-17-11(19)22-9/h3-5H,1-2H3. The number of hydrogen-bond acceptors (Lipinski definition) is 6. The molecule has 0 N–H and O–H groups in total. The predicted molar refractivity (Wildman–Crippen MR) is 72.2 cm³/mol. The van der Waals surface area contributed by atoms with Gasteiger partial charge in [-0.05, 0) is 12.1 Å². The van der Waals surface area contributed by atoms with Gasteiger partial charge in [0, 0.05) is 11.6 Å². The normalized spacial score (nSPS) is 11.9. The minimum absolute atomic E-state index is 0.0594. The molecule has 0 aliphatic carbocycles. The van der Waals surface area contributed by atoms with Crippen LogP contribution in [0.25, 0.3) is 15.5 Å². The molecule has 0 bridgehead atoms. The first kappa shape index (κ1) is 14.6. The zero-order valence-electron chi connectivity index (χ0n) is 11.4. The maximum Gasteiger partial charge on any atom is 0.453 e. The second kappa shape index (κ2) is 5.13. The highest BCUT2D eigenvalue weighted by Gasteiger charge is 2.38. The SMILES string of the molecule is COc1cc(OC)cc(-c2nn3c(C(F)(F)F)nnc3s2)c1. The van der Waals surface area contributed by atoms with E-state index >= 15 is 0 Å². The summed E-state index contributed by atoms with van der Waals surface area (Å²) in [5, 5.41) is 10.9. The van der Waals surface area contributed by atoms with E-state index in [0.717, 1.165) is 11.3 Å². The van der Waals surface area contributed by atoms with Crippen molar-refractivity contribution in [2.45, 2.75) is 6.18 Å². The molecule has 0 saturated carbocycles. The Balaban J connectivity index is 2.13. The van der Waals surface area contributed by atoms with Gasteiger partial charge < -0.3 is 9.47 Å². The van der Waals surface area contributed by atoms with Gasteiger partial charge in [-0.25, -0.2) is 0 Å². The molecule has 0 fully saturated rings. The Labute approximate surface area is 126 Å². The van der Waals surface area contributed by atoms with Crippen LogP contribution < -0.4 is 9.47 Å². The Morgan fingerprint density at radius 3 is 2.23 bits per heavy atom. The molecule has 22 heavy (non-hydrogen) atoms. The lowest BCUT2D eigenvalue weighted by Crippen LogP contribution is -2.11. The summed E-state index contributed by atoms with van der Waals surface area (Å²) in [6, 6.07) is 4.97. The van der Waals surface area contributed by atoms with E-state index in [1.54, 1.807) is 18.2 Å². The van der Waals surface area contributed by atoms with Crippen molar-refractivity contribution in [1.29, 1.82) is 0 Å². The van der Waals surface area contributed by atoms with E-state index in [2.05, 4.69) is 15.3 Å². The number of fused-ring (bicyclic) bond motifs is 1. The van der Waals surface area contributed by atoms with Gasteiger partial charge in [-0.2, -0.15) is 22.8 Å². The van der Waals surface area contributed by atoms with Gasteiger partial charge >= 0.3 is 6.18 Å². The first-order valence-corrected chi connectivity index (χ1v) is 6.77. The number of benzene rings is 1. The Kier molecular flexibility index (Phi) is 3.39. The first-order valence-electron chi connectivity index (χ1n) is 5.95. The minimum atomic E-state index is -4.61. The fourth-order valence-corrected chi connectivity index (χ4v) is 2.67. The number of nitrogens with zero attached hydrogens (tertiary/aromatic N) is 4. The van der Waals surface area contributed by atoms with Crippen molar-refractivity contribution in [2.75, 3.05) is 14.2 Å². The van der Waals surface area contributed by atoms with Gasteiger partial charge in [0.1, 0.15) is 16.5 Å². The zero-order valence-corrected chi connectivity index (χ0v) is 12.2. The van der Waals surface area contributed by atoms with Crippen LogP contribution in [0.3, 0.4) is 0 Å². The summed E-state index contributed by atoms with van der Waals surface area (Å²) in [7, 11) is 2.97. The van der Waals surface area contributed by atoms with E-state index in [-0.39, 0.29) is 4.96 Å². The van der Waals surface area contributed by atoms with Crippen molar-refractivity contribution < 1.29 is 22.6 Å². The third kappa shape index (κ3) is 2.45. The monoisotopic (exact) mass is 330 g/mol. The highest BCUT2D eigenvalue weighted by Crippen LogP contribution is 2.34. The van der Waals surface area contributed by atoms with Gasteiger partial charge in [-0.1, -0.05) is 11.3 Å². The fourth-order valence-electron chi connectivity index (χ4n) is 1.84. The lowest BCUT2D eigenvalue weighted by Gasteiger charge is -2.06. The van der Waals surface area contributed by atoms with Gasteiger partial charge in [0.15, 0.2) is 0 Å². The van der Waals surface area contributed by atoms with Crippen molar-refractivity contribution in [3.63, 3.8) is 0 Å². The van der Waals surface area contributed by atoms with Crippen LogP contribution in [0.1, 0.15) is 5.82 Å². The summed E-state index contributed by atoms with van der Waals surface area (Å²) in [6.07, 6.45) is -4.61. The number of alkyl halides is 3. The Hall–Kier alpha value is -2.36. The second-order valence-electron chi connectivity index (χ2n) is 4.22. The summed E-state index contributed by atoms with van der Waals surface area (Å²) >= 11 is 0.993. The van der Waals surface area contributed by atoms with Crippen molar-refractivity contribution in [2.24, 2.45) is 0 Å². The molecule has 116 valence electrons. The molecule has 1 aromatic carbocycles. The molecule has 0 saturated heterocycles. The quantitative estimate of drug-likeness (QED) is 0.739.